The van der Waals surface area contributed by atoms with E-state index in [0.29, 0.717) is 13.1 Å². The fraction of sp³-hybridized carbons (Fsp3) is 0.571. The molecule has 1 unspecified atom stereocenters. The van der Waals surface area contributed by atoms with E-state index in [-0.39, 0.29) is 17.8 Å². The van der Waals surface area contributed by atoms with Crippen LogP contribution in [0.5, 0.6) is 0 Å². The van der Waals surface area contributed by atoms with E-state index in [1.54, 1.807) is 20.0 Å². The molecule has 1 aromatic heterocycles. The Morgan fingerprint density at radius 2 is 1.96 bits per heavy atom. The second kappa shape index (κ2) is 9.20. The smallest absolute Gasteiger partial charge is 0.228 e. The summed E-state index contributed by atoms with van der Waals surface area (Å²) in [6.45, 7) is 5.62. The molecule has 6 nitrogen and oxygen atoms in total. The molecule has 0 bridgehead atoms. The van der Waals surface area contributed by atoms with E-state index in [9.17, 15) is 13.5 Å². The molecule has 1 fully saturated rings. The van der Waals surface area contributed by atoms with Crippen molar-refractivity contribution in [1.82, 2.24) is 14.5 Å². The van der Waals surface area contributed by atoms with E-state index in [1.165, 1.54) is 5.56 Å². The molecule has 0 spiro atoms. The van der Waals surface area contributed by atoms with Crippen LogP contribution in [0.15, 0.2) is 41.7 Å². The number of likely N-dealkylation sites (tertiary alicyclic amines) is 1. The van der Waals surface area contributed by atoms with Crippen LogP contribution >= 0.6 is 0 Å². The van der Waals surface area contributed by atoms with E-state index in [2.05, 4.69) is 22.0 Å². The Kier molecular flexibility index (Phi) is 6.91. The SMILES string of the molecule is CC(C)S(=O)(=O)c1ncc(CN2CCCCC2CO)n1CCc1ccccc1. The summed E-state index contributed by atoms with van der Waals surface area (Å²) in [6, 6.07) is 10.2. The molecule has 1 saturated heterocycles. The fourth-order valence-electron chi connectivity index (χ4n) is 3.76. The van der Waals surface area contributed by atoms with Crippen molar-refractivity contribution in [2.75, 3.05) is 13.2 Å². The van der Waals surface area contributed by atoms with Gasteiger partial charge in [0, 0.05) is 19.1 Å². The van der Waals surface area contributed by atoms with Crippen LogP contribution in [0.2, 0.25) is 0 Å². The summed E-state index contributed by atoms with van der Waals surface area (Å²) in [5.41, 5.74) is 2.07. The highest BCUT2D eigenvalue weighted by Gasteiger charge is 2.28. The third kappa shape index (κ3) is 4.64. The maximum absolute atomic E-state index is 12.9. The average molecular weight is 406 g/mol. The van der Waals surface area contributed by atoms with E-state index in [4.69, 9.17) is 0 Å². The van der Waals surface area contributed by atoms with Gasteiger partial charge in [0.1, 0.15) is 0 Å². The number of piperidine rings is 1. The number of aryl methyl sites for hydroxylation is 1. The molecule has 1 aliphatic heterocycles. The highest BCUT2D eigenvalue weighted by atomic mass is 32.2. The summed E-state index contributed by atoms with van der Waals surface area (Å²) in [5, 5.41) is 9.35. The monoisotopic (exact) mass is 405 g/mol. The zero-order chi connectivity index (χ0) is 20.1. The molecule has 2 aromatic rings. The van der Waals surface area contributed by atoms with Gasteiger partial charge in [0.25, 0.3) is 0 Å². The quantitative estimate of drug-likeness (QED) is 0.731. The number of nitrogens with zero attached hydrogens (tertiary/aromatic N) is 3. The van der Waals surface area contributed by atoms with Gasteiger partial charge in [-0.2, -0.15) is 0 Å². The molecule has 1 aliphatic rings. The first-order valence-electron chi connectivity index (χ1n) is 10.1. The Morgan fingerprint density at radius 3 is 2.64 bits per heavy atom. The van der Waals surface area contributed by atoms with Crippen molar-refractivity contribution in [2.45, 2.75) is 69.1 Å². The minimum Gasteiger partial charge on any atom is -0.395 e. The van der Waals surface area contributed by atoms with Gasteiger partial charge in [0.05, 0.1) is 23.7 Å². The number of aliphatic hydroxyl groups excluding tert-OH is 1. The van der Waals surface area contributed by atoms with Gasteiger partial charge < -0.3 is 9.67 Å². The van der Waals surface area contributed by atoms with Crippen LogP contribution in [0.4, 0.5) is 0 Å². The Morgan fingerprint density at radius 1 is 1.21 bits per heavy atom. The van der Waals surface area contributed by atoms with Crippen LogP contribution in [0.25, 0.3) is 0 Å². The van der Waals surface area contributed by atoms with Crippen LogP contribution in [0.3, 0.4) is 0 Å². The molecule has 28 heavy (non-hydrogen) atoms. The van der Waals surface area contributed by atoms with Crippen molar-refractivity contribution in [3.8, 4) is 0 Å². The molecule has 154 valence electrons. The predicted molar refractivity (Wildman–Crippen MR) is 110 cm³/mol. The summed E-state index contributed by atoms with van der Waals surface area (Å²) in [5.74, 6) is 0. The van der Waals surface area contributed by atoms with Gasteiger partial charge in [-0.05, 0) is 45.2 Å². The molecule has 0 saturated carbocycles. The van der Waals surface area contributed by atoms with E-state index >= 15 is 0 Å². The molecule has 1 atom stereocenters. The summed E-state index contributed by atoms with van der Waals surface area (Å²) < 4.78 is 27.6. The largest absolute Gasteiger partial charge is 0.395 e. The number of benzene rings is 1. The molecule has 3 rings (SSSR count). The average Bonchev–Trinajstić information content (AvgIpc) is 3.10. The van der Waals surface area contributed by atoms with Crippen molar-refractivity contribution < 1.29 is 13.5 Å². The number of rotatable bonds is 8. The first-order chi connectivity index (χ1) is 13.4. The standard InChI is InChI=1S/C21H31N3O3S/c1-17(2)28(26,27)21-22-14-20(15-23-12-7-6-10-19(23)16-25)24(21)13-11-18-8-4-3-5-9-18/h3-5,8-9,14,17,19,25H,6-7,10-13,15-16H2,1-2H3. The normalized spacial score (nSPS) is 18.6. The number of aliphatic hydroxyl groups is 1. The van der Waals surface area contributed by atoms with E-state index < -0.39 is 15.1 Å². The molecule has 0 radical (unpaired) electrons. The lowest BCUT2D eigenvalue weighted by molar-refractivity contribution is 0.0819. The van der Waals surface area contributed by atoms with Gasteiger partial charge in [-0.3, -0.25) is 4.90 Å². The minimum absolute atomic E-state index is 0.134. The second-order valence-electron chi connectivity index (χ2n) is 7.82. The fourth-order valence-corrected chi connectivity index (χ4v) is 4.90. The van der Waals surface area contributed by atoms with Gasteiger partial charge in [0.15, 0.2) is 0 Å². The van der Waals surface area contributed by atoms with Gasteiger partial charge in [-0.15, -0.1) is 0 Å². The molecule has 1 aromatic carbocycles. The lowest BCUT2D eigenvalue weighted by atomic mass is 10.0. The Labute approximate surface area is 168 Å². The van der Waals surface area contributed by atoms with E-state index in [0.717, 1.165) is 37.9 Å². The minimum atomic E-state index is -3.47. The molecule has 0 aliphatic carbocycles. The molecule has 1 N–H and O–H groups in total. The van der Waals surface area contributed by atoms with Crippen LogP contribution < -0.4 is 0 Å². The third-order valence-corrected chi connectivity index (χ3v) is 7.64. The maximum Gasteiger partial charge on any atom is 0.228 e. The lowest BCUT2D eigenvalue weighted by Crippen LogP contribution is -2.41. The van der Waals surface area contributed by atoms with Gasteiger partial charge in [0.2, 0.25) is 15.0 Å². The van der Waals surface area contributed by atoms with Crippen LogP contribution in [-0.4, -0.2) is 52.4 Å². The Bertz CT molecular complexity index is 862. The van der Waals surface area contributed by atoms with Crippen LogP contribution in [0, 0.1) is 0 Å². The highest BCUT2D eigenvalue weighted by Crippen LogP contribution is 2.23. The summed E-state index contributed by atoms with van der Waals surface area (Å²) in [7, 11) is -3.47. The Balaban J connectivity index is 1.89. The number of sulfone groups is 1. The third-order valence-electron chi connectivity index (χ3n) is 5.57. The summed E-state index contributed by atoms with van der Waals surface area (Å²) in [4.78, 5) is 6.58. The first-order valence-corrected chi connectivity index (χ1v) is 11.6. The van der Waals surface area contributed by atoms with Crippen molar-refractivity contribution in [1.29, 1.82) is 0 Å². The summed E-state index contributed by atoms with van der Waals surface area (Å²) in [6.07, 6.45) is 5.65. The molecular weight excluding hydrogens is 374 g/mol. The number of hydrogen-bond donors (Lipinski definition) is 1. The van der Waals surface area contributed by atoms with Crippen molar-refractivity contribution >= 4 is 9.84 Å². The summed E-state index contributed by atoms with van der Waals surface area (Å²) >= 11 is 0. The molecule has 0 amide bonds. The van der Waals surface area contributed by atoms with Gasteiger partial charge in [-0.25, -0.2) is 13.4 Å². The molecule has 7 heteroatoms. The van der Waals surface area contributed by atoms with Crippen molar-refractivity contribution in [2.24, 2.45) is 0 Å². The van der Waals surface area contributed by atoms with Gasteiger partial charge in [-0.1, -0.05) is 36.8 Å². The lowest BCUT2D eigenvalue weighted by Gasteiger charge is -2.34. The van der Waals surface area contributed by atoms with Gasteiger partial charge >= 0.3 is 0 Å². The number of hydrogen-bond acceptors (Lipinski definition) is 5. The Hall–Kier alpha value is -1.70. The number of aromatic nitrogens is 2. The van der Waals surface area contributed by atoms with E-state index in [1.807, 2.05) is 22.8 Å². The first kappa shape index (κ1) is 21.0. The van der Waals surface area contributed by atoms with Crippen molar-refractivity contribution in [3.05, 3.63) is 47.8 Å². The number of imidazole rings is 1. The van der Waals surface area contributed by atoms with Crippen LogP contribution in [0.1, 0.15) is 44.4 Å². The zero-order valence-electron chi connectivity index (χ0n) is 16.8. The second-order valence-corrected chi connectivity index (χ2v) is 10.2. The molecular formula is C21H31N3O3S. The zero-order valence-corrected chi connectivity index (χ0v) is 17.6. The van der Waals surface area contributed by atoms with Crippen LogP contribution in [-0.2, 0) is 29.3 Å². The van der Waals surface area contributed by atoms with Crippen molar-refractivity contribution in [3.63, 3.8) is 0 Å². The highest BCUT2D eigenvalue weighted by molar-refractivity contribution is 7.91. The topological polar surface area (TPSA) is 75.4 Å². The molecule has 2 heterocycles. The maximum atomic E-state index is 12.9. The predicted octanol–water partition coefficient (Wildman–Crippen LogP) is 2.65.